The molecule has 0 unspecified atom stereocenters. The number of aromatic hydroxyl groups is 2. The molecule has 4 heteroatoms. The Morgan fingerprint density at radius 1 is 0.920 bits per heavy atom. The number of rotatable bonds is 2. The molecule has 3 N–H and O–H groups in total. The van der Waals surface area contributed by atoms with E-state index in [-0.39, 0.29) is 28.5 Å². The summed E-state index contributed by atoms with van der Waals surface area (Å²) in [5.74, 6) is -0.659. The number of hydrogen-bond donors (Lipinski definition) is 3. The minimum atomic E-state index is -0.381. The highest BCUT2D eigenvalue weighted by molar-refractivity contribution is 6.13. The predicted octanol–water partition coefficient (Wildman–Crippen LogP) is 4.80. The Hall–Kier alpha value is -3.01. The van der Waals surface area contributed by atoms with E-state index in [9.17, 15) is 15.0 Å². The second kappa shape index (κ2) is 6.13. The summed E-state index contributed by atoms with van der Waals surface area (Å²) < 4.78 is 0. The van der Waals surface area contributed by atoms with Gasteiger partial charge in [-0.2, -0.15) is 0 Å². The van der Waals surface area contributed by atoms with Crippen LogP contribution in [-0.2, 0) is 5.41 Å². The minimum absolute atomic E-state index is 0.0327. The number of amides is 1. The third-order valence-electron chi connectivity index (χ3n) is 4.24. The van der Waals surface area contributed by atoms with Gasteiger partial charge in [-0.25, -0.2) is 0 Å². The monoisotopic (exact) mass is 335 g/mol. The Labute approximate surface area is 146 Å². The van der Waals surface area contributed by atoms with Gasteiger partial charge in [-0.05, 0) is 28.3 Å². The normalized spacial score (nSPS) is 11.5. The summed E-state index contributed by atoms with van der Waals surface area (Å²) >= 11 is 0. The zero-order chi connectivity index (χ0) is 18.2. The molecule has 0 bridgehead atoms. The molecule has 0 saturated carbocycles. The minimum Gasteiger partial charge on any atom is -0.506 e. The molecule has 0 atom stereocenters. The lowest BCUT2D eigenvalue weighted by Gasteiger charge is -2.22. The molecular formula is C21H21NO3. The molecule has 0 aliphatic carbocycles. The van der Waals surface area contributed by atoms with E-state index in [0.717, 1.165) is 10.8 Å². The fourth-order valence-electron chi connectivity index (χ4n) is 2.91. The molecule has 0 heterocycles. The highest BCUT2D eigenvalue weighted by Crippen LogP contribution is 2.41. The third kappa shape index (κ3) is 3.15. The van der Waals surface area contributed by atoms with E-state index < -0.39 is 0 Å². The predicted molar refractivity (Wildman–Crippen MR) is 100 cm³/mol. The van der Waals surface area contributed by atoms with Gasteiger partial charge in [-0.1, -0.05) is 63.2 Å². The van der Waals surface area contributed by atoms with Crippen molar-refractivity contribution in [1.82, 2.24) is 0 Å². The van der Waals surface area contributed by atoms with Gasteiger partial charge in [-0.3, -0.25) is 4.79 Å². The number of phenolic OH excluding ortho intramolecular Hbond substituents is 2. The number of anilines is 1. The van der Waals surface area contributed by atoms with Gasteiger partial charge in [0.2, 0.25) is 0 Å². The van der Waals surface area contributed by atoms with Crippen molar-refractivity contribution in [2.24, 2.45) is 0 Å². The Balaban J connectivity index is 2.04. The summed E-state index contributed by atoms with van der Waals surface area (Å²) in [5.41, 5.74) is 0.846. The van der Waals surface area contributed by atoms with E-state index in [2.05, 4.69) is 5.32 Å². The molecule has 0 spiro atoms. The van der Waals surface area contributed by atoms with Crippen LogP contribution in [-0.4, -0.2) is 16.1 Å². The molecule has 0 aliphatic rings. The fraction of sp³-hybridized carbons (Fsp3) is 0.190. The number of hydrogen-bond acceptors (Lipinski definition) is 3. The van der Waals surface area contributed by atoms with Gasteiger partial charge in [0, 0.05) is 11.1 Å². The summed E-state index contributed by atoms with van der Waals surface area (Å²) in [6, 6.07) is 16.2. The van der Waals surface area contributed by atoms with Crippen molar-refractivity contribution >= 4 is 22.4 Å². The van der Waals surface area contributed by atoms with Gasteiger partial charge >= 0.3 is 0 Å². The maximum Gasteiger partial charge on any atom is 0.256 e. The number of carbonyl (C=O) groups is 1. The van der Waals surface area contributed by atoms with Crippen molar-refractivity contribution in [2.75, 3.05) is 5.32 Å². The van der Waals surface area contributed by atoms with Crippen LogP contribution < -0.4 is 5.32 Å². The Bertz CT molecular complexity index is 950. The fourth-order valence-corrected chi connectivity index (χ4v) is 2.91. The van der Waals surface area contributed by atoms with Gasteiger partial charge in [0.25, 0.3) is 5.91 Å². The van der Waals surface area contributed by atoms with Gasteiger partial charge in [0.05, 0.1) is 0 Å². The first-order chi connectivity index (χ1) is 11.8. The van der Waals surface area contributed by atoms with E-state index in [1.807, 2.05) is 57.2 Å². The molecule has 25 heavy (non-hydrogen) atoms. The zero-order valence-electron chi connectivity index (χ0n) is 14.5. The van der Waals surface area contributed by atoms with Crippen molar-refractivity contribution in [3.8, 4) is 11.5 Å². The van der Waals surface area contributed by atoms with Crippen molar-refractivity contribution in [3.05, 3.63) is 65.7 Å². The summed E-state index contributed by atoms with van der Waals surface area (Å²) in [5, 5.41) is 25.1. The first-order valence-electron chi connectivity index (χ1n) is 8.13. The first kappa shape index (κ1) is 16.8. The molecule has 128 valence electrons. The smallest absolute Gasteiger partial charge is 0.256 e. The van der Waals surface area contributed by atoms with E-state index >= 15 is 0 Å². The van der Waals surface area contributed by atoms with Crippen LogP contribution >= 0.6 is 0 Å². The van der Waals surface area contributed by atoms with Crippen molar-refractivity contribution in [3.63, 3.8) is 0 Å². The first-order valence-corrected chi connectivity index (χ1v) is 8.13. The Morgan fingerprint density at radius 3 is 2.32 bits per heavy atom. The topological polar surface area (TPSA) is 69.6 Å². The molecule has 4 nitrogen and oxygen atoms in total. The quantitative estimate of drug-likeness (QED) is 0.589. The number of carbonyl (C=O) groups excluding carboxylic acids is 1. The van der Waals surface area contributed by atoms with Crippen LogP contribution in [0.2, 0.25) is 0 Å². The average Bonchev–Trinajstić information content (AvgIpc) is 2.56. The SMILES string of the molecule is CC(C)(C)c1ccc(O)c(NC(=O)c2cccc3ccccc23)c1O. The summed E-state index contributed by atoms with van der Waals surface area (Å²) in [7, 11) is 0. The van der Waals surface area contributed by atoms with Crippen LogP contribution in [0.25, 0.3) is 10.8 Å². The lowest BCUT2D eigenvalue weighted by atomic mass is 9.86. The van der Waals surface area contributed by atoms with Crippen molar-refractivity contribution in [2.45, 2.75) is 26.2 Å². The molecule has 1 amide bonds. The number of fused-ring (bicyclic) bond motifs is 1. The summed E-state index contributed by atoms with van der Waals surface area (Å²) in [6.45, 7) is 5.86. The molecule has 3 rings (SSSR count). The maximum atomic E-state index is 12.8. The molecule has 0 fully saturated rings. The summed E-state index contributed by atoms with van der Waals surface area (Å²) in [6.07, 6.45) is 0. The molecule has 3 aromatic carbocycles. The Kier molecular flexibility index (Phi) is 4.13. The molecule has 0 aromatic heterocycles. The lowest BCUT2D eigenvalue weighted by Crippen LogP contribution is -2.15. The second-order valence-electron chi connectivity index (χ2n) is 7.09. The maximum absolute atomic E-state index is 12.8. The molecular weight excluding hydrogens is 314 g/mol. The standard InChI is InChI=1S/C21H21NO3/c1-21(2,3)16-11-12-17(23)18(19(16)24)22-20(25)15-10-6-8-13-7-4-5-9-14(13)15/h4-12,23-24H,1-3H3,(H,22,25). The van der Waals surface area contributed by atoms with Crippen LogP contribution in [0.3, 0.4) is 0 Å². The van der Waals surface area contributed by atoms with E-state index in [4.69, 9.17) is 0 Å². The lowest BCUT2D eigenvalue weighted by molar-refractivity contribution is 0.102. The van der Waals surface area contributed by atoms with Crippen LogP contribution in [0.5, 0.6) is 11.5 Å². The number of phenols is 2. The van der Waals surface area contributed by atoms with Crippen molar-refractivity contribution in [1.29, 1.82) is 0 Å². The van der Waals surface area contributed by atoms with Gasteiger partial charge in [-0.15, -0.1) is 0 Å². The van der Waals surface area contributed by atoms with Crippen LogP contribution in [0.15, 0.2) is 54.6 Å². The van der Waals surface area contributed by atoms with E-state index in [1.165, 1.54) is 6.07 Å². The van der Waals surface area contributed by atoms with Gasteiger partial charge < -0.3 is 15.5 Å². The van der Waals surface area contributed by atoms with Crippen LogP contribution in [0.1, 0.15) is 36.7 Å². The van der Waals surface area contributed by atoms with E-state index in [1.54, 1.807) is 12.1 Å². The number of benzene rings is 3. The highest BCUT2D eigenvalue weighted by Gasteiger charge is 2.23. The van der Waals surface area contributed by atoms with E-state index in [0.29, 0.717) is 11.1 Å². The largest absolute Gasteiger partial charge is 0.506 e. The van der Waals surface area contributed by atoms with Crippen LogP contribution in [0.4, 0.5) is 5.69 Å². The summed E-state index contributed by atoms with van der Waals surface area (Å²) in [4.78, 5) is 12.8. The molecule has 0 saturated heterocycles. The molecule has 0 aliphatic heterocycles. The molecule has 3 aromatic rings. The number of nitrogens with one attached hydrogen (secondary N) is 1. The molecule has 0 radical (unpaired) electrons. The van der Waals surface area contributed by atoms with Gasteiger partial charge in [0.15, 0.2) is 0 Å². The average molecular weight is 335 g/mol. The van der Waals surface area contributed by atoms with Crippen molar-refractivity contribution < 1.29 is 15.0 Å². The van der Waals surface area contributed by atoms with Gasteiger partial charge in [0.1, 0.15) is 17.2 Å². The highest BCUT2D eigenvalue weighted by atomic mass is 16.3. The second-order valence-corrected chi connectivity index (χ2v) is 7.09. The van der Waals surface area contributed by atoms with Crippen LogP contribution in [0, 0.1) is 0 Å². The zero-order valence-corrected chi connectivity index (χ0v) is 14.5. The Morgan fingerprint density at radius 2 is 1.60 bits per heavy atom. The third-order valence-corrected chi connectivity index (χ3v) is 4.24.